The van der Waals surface area contributed by atoms with Crippen molar-refractivity contribution in [3.8, 4) is 9.88 Å². The zero-order valence-electron chi connectivity index (χ0n) is 14.7. The molecule has 0 unspecified atom stereocenters. The maximum Gasteiger partial charge on any atom is 0.263 e. The van der Waals surface area contributed by atoms with Crippen LogP contribution < -0.4 is 5.32 Å². The molecule has 3 aromatic rings. The van der Waals surface area contributed by atoms with Gasteiger partial charge in [-0.2, -0.15) is 0 Å². The highest BCUT2D eigenvalue weighted by Gasteiger charge is 2.17. The van der Waals surface area contributed by atoms with Crippen LogP contribution in [0.5, 0.6) is 0 Å². The van der Waals surface area contributed by atoms with Gasteiger partial charge in [0.1, 0.15) is 9.88 Å². The van der Waals surface area contributed by atoms with Crippen LogP contribution in [0.1, 0.15) is 50.2 Å². The molecule has 0 saturated carbocycles. The van der Waals surface area contributed by atoms with E-state index in [2.05, 4.69) is 10.3 Å². The predicted octanol–water partition coefficient (Wildman–Crippen LogP) is 4.88. The van der Waals surface area contributed by atoms with Gasteiger partial charge in [-0.15, -0.1) is 34.0 Å². The SMILES string of the molecule is Cc1nc(-c2cccs2)sc1C(=O)NCCCc1nc2c(s1)CCCC2. The molecule has 0 aromatic carbocycles. The monoisotopic (exact) mass is 403 g/mol. The first kappa shape index (κ1) is 17.8. The third-order valence-corrected chi connectivity index (χ3v) is 7.89. The number of carbonyl (C=O) groups excluding carboxylic acids is 1. The van der Waals surface area contributed by atoms with Crippen molar-refractivity contribution in [1.29, 1.82) is 0 Å². The van der Waals surface area contributed by atoms with E-state index in [0.29, 0.717) is 6.54 Å². The van der Waals surface area contributed by atoms with Gasteiger partial charge in [-0.05, 0) is 50.5 Å². The second-order valence-electron chi connectivity index (χ2n) is 6.45. The van der Waals surface area contributed by atoms with E-state index in [0.717, 1.165) is 39.7 Å². The number of carbonyl (C=O) groups is 1. The van der Waals surface area contributed by atoms with Gasteiger partial charge < -0.3 is 5.32 Å². The van der Waals surface area contributed by atoms with Gasteiger partial charge in [0.05, 0.1) is 21.3 Å². The molecular formula is C19H21N3OS3. The molecule has 3 heterocycles. The molecular weight excluding hydrogens is 382 g/mol. The second-order valence-corrected chi connectivity index (χ2v) is 9.57. The smallest absolute Gasteiger partial charge is 0.263 e. The molecule has 1 aliphatic rings. The van der Waals surface area contributed by atoms with Crippen molar-refractivity contribution in [2.75, 3.05) is 6.54 Å². The normalized spacial score (nSPS) is 13.6. The van der Waals surface area contributed by atoms with E-state index in [1.165, 1.54) is 46.2 Å². The number of aryl methyl sites for hydroxylation is 4. The minimum Gasteiger partial charge on any atom is -0.351 e. The molecule has 0 fully saturated rings. The number of rotatable bonds is 6. The third-order valence-electron chi connectivity index (χ3n) is 4.48. The summed E-state index contributed by atoms with van der Waals surface area (Å²) in [5, 5.41) is 7.22. The van der Waals surface area contributed by atoms with E-state index < -0.39 is 0 Å². The molecule has 7 heteroatoms. The summed E-state index contributed by atoms with van der Waals surface area (Å²) in [6.45, 7) is 2.58. The number of aromatic nitrogens is 2. The van der Waals surface area contributed by atoms with Crippen molar-refractivity contribution < 1.29 is 4.79 Å². The lowest BCUT2D eigenvalue weighted by atomic mass is 10.0. The van der Waals surface area contributed by atoms with Gasteiger partial charge in [-0.1, -0.05) is 6.07 Å². The van der Waals surface area contributed by atoms with Crippen molar-refractivity contribution in [2.45, 2.75) is 45.4 Å². The van der Waals surface area contributed by atoms with Gasteiger partial charge >= 0.3 is 0 Å². The summed E-state index contributed by atoms with van der Waals surface area (Å²) in [5.74, 6) is -0.0127. The van der Waals surface area contributed by atoms with Crippen LogP contribution in [-0.2, 0) is 19.3 Å². The summed E-state index contributed by atoms with van der Waals surface area (Å²) < 4.78 is 0. The Labute approximate surface area is 165 Å². The van der Waals surface area contributed by atoms with Crippen LogP contribution in [0, 0.1) is 6.92 Å². The minimum atomic E-state index is -0.0127. The molecule has 1 amide bonds. The van der Waals surface area contributed by atoms with Gasteiger partial charge in [0.25, 0.3) is 5.91 Å². The Bertz CT molecular complexity index is 872. The highest BCUT2D eigenvalue weighted by Crippen LogP contribution is 2.31. The zero-order valence-corrected chi connectivity index (χ0v) is 17.2. The first-order valence-corrected chi connectivity index (χ1v) is 11.5. The Morgan fingerprint density at radius 3 is 2.92 bits per heavy atom. The van der Waals surface area contributed by atoms with E-state index in [-0.39, 0.29) is 5.91 Å². The summed E-state index contributed by atoms with van der Waals surface area (Å²) >= 11 is 4.99. The van der Waals surface area contributed by atoms with Gasteiger partial charge in [0, 0.05) is 17.8 Å². The summed E-state index contributed by atoms with van der Waals surface area (Å²) in [6, 6.07) is 4.05. The largest absolute Gasteiger partial charge is 0.351 e. The van der Waals surface area contributed by atoms with E-state index in [4.69, 9.17) is 4.98 Å². The van der Waals surface area contributed by atoms with Crippen molar-refractivity contribution in [3.63, 3.8) is 0 Å². The van der Waals surface area contributed by atoms with Crippen molar-refractivity contribution in [2.24, 2.45) is 0 Å². The highest BCUT2D eigenvalue weighted by atomic mass is 32.1. The molecule has 0 aliphatic heterocycles. The zero-order chi connectivity index (χ0) is 17.9. The molecule has 0 atom stereocenters. The first-order valence-electron chi connectivity index (χ1n) is 8.97. The molecule has 136 valence electrons. The fourth-order valence-corrected chi connectivity index (χ4v) is 6.12. The lowest BCUT2D eigenvalue weighted by Crippen LogP contribution is -2.24. The molecule has 0 bridgehead atoms. The minimum absolute atomic E-state index is 0.0127. The topological polar surface area (TPSA) is 54.9 Å². The molecule has 0 saturated heterocycles. The third kappa shape index (κ3) is 3.89. The summed E-state index contributed by atoms with van der Waals surface area (Å²) in [6.07, 6.45) is 6.77. The van der Waals surface area contributed by atoms with Gasteiger partial charge in [-0.25, -0.2) is 9.97 Å². The number of hydrogen-bond donors (Lipinski definition) is 1. The Morgan fingerprint density at radius 1 is 1.23 bits per heavy atom. The van der Waals surface area contributed by atoms with Crippen LogP contribution in [0.4, 0.5) is 0 Å². The van der Waals surface area contributed by atoms with E-state index in [1.807, 2.05) is 35.8 Å². The molecule has 1 aliphatic carbocycles. The lowest BCUT2D eigenvalue weighted by Gasteiger charge is -2.06. The molecule has 4 nitrogen and oxygen atoms in total. The first-order chi connectivity index (χ1) is 12.7. The lowest BCUT2D eigenvalue weighted by molar-refractivity contribution is 0.0956. The summed E-state index contributed by atoms with van der Waals surface area (Å²) in [7, 11) is 0. The van der Waals surface area contributed by atoms with Gasteiger partial charge in [-0.3, -0.25) is 4.79 Å². The van der Waals surface area contributed by atoms with Crippen LogP contribution in [-0.4, -0.2) is 22.4 Å². The molecule has 0 spiro atoms. The Balaban J connectivity index is 1.29. The Morgan fingerprint density at radius 2 is 2.12 bits per heavy atom. The second kappa shape index (κ2) is 7.98. The van der Waals surface area contributed by atoms with Crippen molar-refractivity contribution in [3.05, 3.63) is 43.7 Å². The van der Waals surface area contributed by atoms with Crippen LogP contribution in [0.25, 0.3) is 9.88 Å². The molecule has 3 aromatic heterocycles. The summed E-state index contributed by atoms with van der Waals surface area (Å²) in [5.41, 5.74) is 2.13. The van der Waals surface area contributed by atoms with Crippen LogP contribution in [0.15, 0.2) is 17.5 Å². The number of hydrogen-bond acceptors (Lipinski definition) is 6. The van der Waals surface area contributed by atoms with E-state index in [1.54, 1.807) is 11.3 Å². The molecule has 26 heavy (non-hydrogen) atoms. The number of nitrogens with one attached hydrogen (secondary N) is 1. The average Bonchev–Trinajstić information content (AvgIpc) is 3.36. The number of amides is 1. The van der Waals surface area contributed by atoms with Gasteiger partial charge in [0.2, 0.25) is 0 Å². The fourth-order valence-electron chi connectivity index (χ4n) is 3.15. The highest BCUT2D eigenvalue weighted by molar-refractivity contribution is 7.22. The van der Waals surface area contributed by atoms with E-state index >= 15 is 0 Å². The Hall–Kier alpha value is -1.57. The number of thiazole rings is 2. The molecule has 4 rings (SSSR count). The average molecular weight is 404 g/mol. The van der Waals surface area contributed by atoms with Crippen LogP contribution in [0.3, 0.4) is 0 Å². The summed E-state index contributed by atoms with van der Waals surface area (Å²) in [4.78, 5) is 25.1. The predicted molar refractivity (Wildman–Crippen MR) is 110 cm³/mol. The standard InChI is InChI=1S/C19H21N3OS3/c1-12-17(26-19(21-12)15-8-5-11-24-15)18(23)20-10-4-9-16-22-13-6-2-3-7-14(13)25-16/h5,8,11H,2-4,6-7,9-10H2,1H3,(H,20,23). The fraction of sp³-hybridized carbons (Fsp3) is 0.421. The van der Waals surface area contributed by atoms with Gasteiger partial charge in [0.15, 0.2) is 0 Å². The van der Waals surface area contributed by atoms with Crippen molar-refractivity contribution in [1.82, 2.24) is 15.3 Å². The van der Waals surface area contributed by atoms with Crippen LogP contribution in [0.2, 0.25) is 0 Å². The van der Waals surface area contributed by atoms with Crippen molar-refractivity contribution >= 4 is 39.9 Å². The van der Waals surface area contributed by atoms with Crippen LogP contribution >= 0.6 is 34.0 Å². The Kier molecular flexibility index (Phi) is 5.47. The number of fused-ring (bicyclic) bond motifs is 1. The quantitative estimate of drug-likeness (QED) is 0.597. The number of thiophene rings is 1. The number of nitrogens with zero attached hydrogens (tertiary/aromatic N) is 2. The molecule has 0 radical (unpaired) electrons. The molecule has 1 N–H and O–H groups in total. The maximum absolute atomic E-state index is 12.5. The maximum atomic E-state index is 12.5. The van der Waals surface area contributed by atoms with E-state index in [9.17, 15) is 4.79 Å².